The third kappa shape index (κ3) is 2.57. The molecule has 2 N–H and O–H groups in total. The van der Waals surface area contributed by atoms with Crippen molar-refractivity contribution in [1.82, 2.24) is 0 Å². The van der Waals surface area contributed by atoms with Gasteiger partial charge in [0.1, 0.15) is 11.9 Å². The van der Waals surface area contributed by atoms with Gasteiger partial charge in [0.25, 0.3) is 0 Å². The summed E-state index contributed by atoms with van der Waals surface area (Å²) in [6.45, 7) is 2.56. The van der Waals surface area contributed by atoms with Crippen LogP contribution in [0.25, 0.3) is 0 Å². The van der Waals surface area contributed by atoms with E-state index in [1.54, 1.807) is 7.05 Å². The van der Waals surface area contributed by atoms with E-state index in [1.807, 2.05) is 37.3 Å². The highest BCUT2D eigenvalue weighted by molar-refractivity contribution is 5.85. The molecule has 1 aromatic rings. The first-order valence-electron chi connectivity index (χ1n) is 4.68. The van der Waals surface area contributed by atoms with Crippen molar-refractivity contribution in [3.05, 3.63) is 35.9 Å². The first-order chi connectivity index (χ1) is 6.79. The predicted molar refractivity (Wildman–Crippen MR) is 58.4 cm³/mol. The fraction of sp³-hybridized carbons (Fsp3) is 0.364. The molecular formula is C11H16N2O. The second kappa shape index (κ2) is 5.40. The molecule has 0 fully saturated rings. The lowest BCUT2D eigenvalue weighted by atomic mass is 10.1. The molecule has 0 radical (unpaired) electrons. The highest BCUT2D eigenvalue weighted by Crippen LogP contribution is 2.16. The highest BCUT2D eigenvalue weighted by atomic mass is 16.5. The number of hydrogen-bond donors (Lipinski definition) is 1. The Morgan fingerprint density at radius 2 is 2.07 bits per heavy atom. The minimum Gasteiger partial charge on any atom is -0.385 e. The minimum absolute atomic E-state index is 0.216. The Morgan fingerprint density at radius 3 is 2.57 bits per heavy atom. The van der Waals surface area contributed by atoms with Gasteiger partial charge in [0.15, 0.2) is 0 Å². The Bertz CT molecular complexity index is 295. The average molecular weight is 192 g/mol. The lowest BCUT2D eigenvalue weighted by Gasteiger charge is -2.16. The Morgan fingerprint density at radius 1 is 1.43 bits per heavy atom. The first-order valence-corrected chi connectivity index (χ1v) is 4.68. The summed E-state index contributed by atoms with van der Waals surface area (Å²) in [5, 5.41) is 0. The van der Waals surface area contributed by atoms with Crippen molar-refractivity contribution in [2.75, 3.05) is 13.7 Å². The van der Waals surface area contributed by atoms with Gasteiger partial charge in [-0.25, -0.2) is 0 Å². The summed E-state index contributed by atoms with van der Waals surface area (Å²) in [7, 11) is 1.67. The zero-order valence-corrected chi connectivity index (χ0v) is 8.60. The molecule has 1 rings (SSSR count). The zero-order chi connectivity index (χ0) is 10.4. The van der Waals surface area contributed by atoms with Gasteiger partial charge in [-0.05, 0) is 12.5 Å². The molecule has 0 amide bonds. The summed E-state index contributed by atoms with van der Waals surface area (Å²) >= 11 is 0. The van der Waals surface area contributed by atoms with E-state index in [-0.39, 0.29) is 6.10 Å². The molecule has 1 atom stereocenters. The largest absolute Gasteiger partial charge is 0.385 e. The van der Waals surface area contributed by atoms with E-state index < -0.39 is 0 Å². The molecule has 3 heteroatoms. The van der Waals surface area contributed by atoms with Crippen LogP contribution in [0.1, 0.15) is 18.6 Å². The molecule has 1 unspecified atom stereocenters. The lowest BCUT2D eigenvalue weighted by molar-refractivity contribution is 0.109. The van der Waals surface area contributed by atoms with E-state index in [0.717, 1.165) is 5.56 Å². The van der Waals surface area contributed by atoms with E-state index in [0.29, 0.717) is 12.4 Å². The van der Waals surface area contributed by atoms with Crippen LogP contribution in [0.4, 0.5) is 0 Å². The zero-order valence-electron chi connectivity index (χ0n) is 8.60. The second-order valence-corrected chi connectivity index (χ2v) is 2.89. The number of nitrogens with two attached hydrogens (primary N) is 1. The SMILES string of the molecule is CCOC(C(N)=NC)c1ccccc1. The van der Waals surface area contributed by atoms with Gasteiger partial charge in [0.05, 0.1) is 0 Å². The molecule has 0 bridgehead atoms. The maximum Gasteiger partial charge on any atom is 0.139 e. The topological polar surface area (TPSA) is 47.6 Å². The maximum atomic E-state index is 5.76. The molecule has 0 aliphatic rings. The van der Waals surface area contributed by atoms with Crippen molar-refractivity contribution < 1.29 is 4.74 Å². The van der Waals surface area contributed by atoms with Crippen LogP contribution in [-0.4, -0.2) is 19.5 Å². The Hall–Kier alpha value is -1.35. The standard InChI is InChI=1S/C11H16N2O/c1-3-14-10(11(12)13-2)9-7-5-4-6-8-9/h4-8,10H,3H2,1-2H3,(H2,12,13). The predicted octanol–water partition coefficient (Wildman–Crippen LogP) is 1.75. The molecule has 0 saturated heterocycles. The van der Waals surface area contributed by atoms with Crippen LogP contribution in [-0.2, 0) is 4.74 Å². The smallest absolute Gasteiger partial charge is 0.139 e. The molecule has 1 aromatic carbocycles. The van der Waals surface area contributed by atoms with Gasteiger partial charge >= 0.3 is 0 Å². The van der Waals surface area contributed by atoms with Crippen molar-refractivity contribution in [1.29, 1.82) is 0 Å². The summed E-state index contributed by atoms with van der Waals surface area (Å²) < 4.78 is 5.52. The van der Waals surface area contributed by atoms with Crippen LogP contribution in [0.2, 0.25) is 0 Å². The van der Waals surface area contributed by atoms with E-state index >= 15 is 0 Å². The van der Waals surface area contributed by atoms with Crippen molar-refractivity contribution in [3.8, 4) is 0 Å². The molecule has 76 valence electrons. The van der Waals surface area contributed by atoms with Gasteiger partial charge in [-0.15, -0.1) is 0 Å². The van der Waals surface area contributed by atoms with Crippen LogP contribution in [0.5, 0.6) is 0 Å². The quantitative estimate of drug-likeness (QED) is 0.583. The van der Waals surface area contributed by atoms with E-state index in [9.17, 15) is 0 Å². The Labute approximate surface area is 84.6 Å². The molecule has 0 aromatic heterocycles. The molecule has 0 saturated carbocycles. The van der Waals surface area contributed by atoms with Crippen molar-refractivity contribution in [3.63, 3.8) is 0 Å². The average Bonchev–Trinajstić information content (AvgIpc) is 2.26. The van der Waals surface area contributed by atoms with E-state index in [1.165, 1.54) is 0 Å². The van der Waals surface area contributed by atoms with Crippen LogP contribution in [0.3, 0.4) is 0 Å². The molecule has 14 heavy (non-hydrogen) atoms. The molecule has 0 spiro atoms. The molecule has 0 aliphatic heterocycles. The summed E-state index contributed by atoms with van der Waals surface area (Å²) in [5.41, 5.74) is 6.80. The molecule has 0 heterocycles. The van der Waals surface area contributed by atoms with E-state index in [2.05, 4.69) is 4.99 Å². The summed E-state index contributed by atoms with van der Waals surface area (Å²) in [4.78, 5) is 3.95. The summed E-state index contributed by atoms with van der Waals surface area (Å²) in [6, 6.07) is 9.86. The number of hydrogen-bond acceptors (Lipinski definition) is 2. The summed E-state index contributed by atoms with van der Waals surface area (Å²) in [5.74, 6) is 0.512. The minimum atomic E-state index is -0.216. The summed E-state index contributed by atoms with van der Waals surface area (Å²) in [6.07, 6.45) is -0.216. The number of ether oxygens (including phenoxy) is 1. The van der Waals surface area contributed by atoms with Gasteiger partial charge in [0.2, 0.25) is 0 Å². The molecule has 0 aliphatic carbocycles. The van der Waals surface area contributed by atoms with Gasteiger partial charge in [0, 0.05) is 13.7 Å². The normalized spacial score (nSPS) is 14.0. The molecule has 3 nitrogen and oxygen atoms in total. The third-order valence-electron chi connectivity index (χ3n) is 1.96. The lowest BCUT2D eigenvalue weighted by Crippen LogP contribution is -2.24. The van der Waals surface area contributed by atoms with Crippen LogP contribution >= 0.6 is 0 Å². The number of nitrogens with zero attached hydrogens (tertiary/aromatic N) is 1. The van der Waals surface area contributed by atoms with E-state index in [4.69, 9.17) is 10.5 Å². The van der Waals surface area contributed by atoms with Gasteiger partial charge < -0.3 is 10.5 Å². The number of rotatable bonds is 4. The first kappa shape index (κ1) is 10.7. The van der Waals surface area contributed by atoms with Crippen LogP contribution < -0.4 is 5.73 Å². The van der Waals surface area contributed by atoms with Crippen LogP contribution in [0.15, 0.2) is 35.3 Å². The Kier molecular flexibility index (Phi) is 4.13. The fourth-order valence-electron chi connectivity index (χ4n) is 1.26. The third-order valence-corrected chi connectivity index (χ3v) is 1.96. The van der Waals surface area contributed by atoms with Gasteiger partial charge in [-0.2, -0.15) is 0 Å². The number of amidine groups is 1. The van der Waals surface area contributed by atoms with Crippen molar-refractivity contribution in [2.24, 2.45) is 10.7 Å². The highest BCUT2D eigenvalue weighted by Gasteiger charge is 2.14. The van der Waals surface area contributed by atoms with Crippen LogP contribution in [0, 0.1) is 0 Å². The number of aliphatic imine (C=N–C) groups is 1. The maximum absolute atomic E-state index is 5.76. The molecular weight excluding hydrogens is 176 g/mol. The Balaban J connectivity index is 2.89. The number of benzene rings is 1. The second-order valence-electron chi connectivity index (χ2n) is 2.89. The monoisotopic (exact) mass is 192 g/mol. The van der Waals surface area contributed by atoms with Gasteiger partial charge in [-0.1, -0.05) is 30.3 Å². The van der Waals surface area contributed by atoms with Crippen molar-refractivity contribution >= 4 is 5.84 Å². The van der Waals surface area contributed by atoms with Crippen molar-refractivity contribution in [2.45, 2.75) is 13.0 Å². The fourth-order valence-corrected chi connectivity index (χ4v) is 1.26. The van der Waals surface area contributed by atoms with Gasteiger partial charge in [-0.3, -0.25) is 4.99 Å².